The van der Waals surface area contributed by atoms with Crippen molar-refractivity contribution < 1.29 is 32.8 Å². The molecule has 0 aliphatic rings. The number of carbonyl (C=O) groups excluding carboxylic acids is 2. The Morgan fingerprint density at radius 3 is 2.42 bits per heavy atom. The van der Waals surface area contributed by atoms with Crippen LogP contribution in [-0.4, -0.2) is 30.5 Å². The normalized spacial score (nSPS) is 10.1. The summed E-state index contributed by atoms with van der Waals surface area (Å²) in [5, 5.41) is 13.0. The highest BCUT2D eigenvalue weighted by Gasteiger charge is 2.20. The molecule has 10 heteroatoms. The lowest BCUT2D eigenvalue weighted by atomic mass is 10.2. The Kier molecular flexibility index (Phi) is 5.78. The summed E-state index contributed by atoms with van der Waals surface area (Å²) in [7, 11) is 1.29. The molecule has 0 atom stereocenters. The number of rotatable bonds is 6. The van der Waals surface area contributed by atoms with Gasteiger partial charge in [-0.2, -0.15) is 0 Å². The zero-order valence-electron chi connectivity index (χ0n) is 13.3. The number of benzene rings is 2. The Labute approximate surface area is 145 Å². The predicted molar refractivity (Wildman–Crippen MR) is 84.9 cm³/mol. The maximum absolute atomic E-state index is 13.5. The molecule has 0 spiro atoms. The molecule has 2 rings (SSSR count). The van der Waals surface area contributed by atoms with Crippen molar-refractivity contribution in [2.24, 2.45) is 0 Å². The van der Waals surface area contributed by atoms with Gasteiger partial charge in [0.2, 0.25) is 0 Å². The average molecular weight is 366 g/mol. The molecule has 0 fully saturated rings. The number of carbonyl (C=O) groups is 2. The van der Waals surface area contributed by atoms with Gasteiger partial charge in [-0.05, 0) is 18.2 Å². The number of hydrogen-bond acceptors (Lipinski definition) is 6. The van der Waals surface area contributed by atoms with Gasteiger partial charge in [0.05, 0.1) is 17.7 Å². The van der Waals surface area contributed by atoms with E-state index in [4.69, 9.17) is 4.74 Å². The van der Waals surface area contributed by atoms with Crippen LogP contribution in [0.4, 0.5) is 20.2 Å². The van der Waals surface area contributed by atoms with Gasteiger partial charge in [0.15, 0.2) is 6.61 Å². The summed E-state index contributed by atoms with van der Waals surface area (Å²) in [5.74, 6) is -4.36. The molecule has 0 aliphatic heterocycles. The third-order valence-corrected chi connectivity index (χ3v) is 3.17. The Morgan fingerprint density at radius 1 is 1.19 bits per heavy atom. The van der Waals surface area contributed by atoms with Crippen molar-refractivity contribution >= 4 is 23.3 Å². The van der Waals surface area contributed by atoms with Gasteiger partial charge >= 0.3 is 5.97 Å². The zero-order chi connectivity index (χ0) is 19.3. The summed E-state index contributed by atoms with van der Waals surface area (Å²) in [5.41, 5.74) is -1.25. The molecular formula is C16H12F2N2O6. The number of hydrogen-bond donors (Lipinski definition) is 1. The molecule has 2 aromatic rings. The van der Waals surface area contributed by atoms with Crippen molar-refractivity contribution in [1.82, 2.24) is 0 Å². The number of nitrogens with zero attached hydrogens (tertiary/aromatic N) is 1. The summed E-state index contributed by atoms with van der Waals surface area (Å²) in [6.07, 6.45) is 0. The third-order valence-electron chi connectivity index (χ3n) is 3.17. The molecule has 26 heavy (non-hydrogen) atoms. The van der Waals surface area contributed by atoms with E-state index < -0.39 is 40.6 Å². The number of halogens is 2. The van der Waals surface area contributed by atoms with Gasteiger partial charge in [-0.1, -0.05) is 6.07 Å². The molecule has 0 heterocycles. The number of nitro groups is 1. The molecule has 136 valence electrons. The van der Waals surface area contributed by atoms with Crippen molar-refractivity contribution in [2.75, 3.05) is 19.0 Å². The molecule has 0 unspecified atom stereocenters. The number of methoxy groups -OCH3 is 1. The maximum atomic E-state index is 13.5. The largest absolute Gasteiger partial charge is 0.495 e. The monoisotopic (exact) mass is 366 g/mol. The van der Waals surface area contributed by atoms with Crippen LogP contribution in [0.5, 0.6) is 5.75 Å². The predicted octanol–water partition coefficient (Wildman–Crippen LogP) is 2.68. The Balaban J connectivity index is 2.06. The van der Waals surface area contributed by atoms with Crippen molar-refractivity contribution in [1.29, 1.82) is 0 Å². The molecular weight excluding hydrogens is 354 g/mol. The van der Waals surface area contributed by atoms with Crippen LogP contribution >= 0.6 is 0 Å². The fourth-order valence-electron chi connectivity index (χ4n) is 1.99. The van der Waals surface area contributed by atoms with E-state index in [9.17, 15) is 28.5 Å². The molecule has 0 aliphatic carbocycles. The molecule has 2 aromatic carbocycles. The summed E-state index contributed by atoms with van der Waals surface area (Å²) in [6.45, 7) is -0.863. The van der Waals surface area contributed by atoms with Crippen molar-refractivity contribution in [3.05, 3.63) is 63.7 Å². The second-order valence-electron chi connectivity index (χ2n) is 4.86. The molecule has 0 aromatic heterocycles. The highest BCUT2D eigenvalue weighted by atomic mass is 19.1. The third kappa shape index (κ3) is 4.29. The first-order chi connectivity index (χ1) is 12.3. The fraction of sp³-hybridized carbons (Fsp3) is 0.125. The number of anilines is 1. The van der Waals surface area contributed by atoms with Gasteiger partial charge in [0.1, 0.15) is 22.9 Å². The first-order valence-corrected chi connectivity index (χ1v) is 7.07. The van der Waals surface area contributed by atoms with Gasteiger partial charge in [0.25, 0.3) is 11.6 Å². The Morgan fingerprint density at radius 2 is 1.85 bits per heavy atom. The van der Waals surface area contributed by atoms with Gasteiger partial charge < -0.3 is 14.8 Å². The number of amides is 1. The second kappa shape index (κ2) is 8.01. The van der Waals surface area contributed by atoms with Gasteiger partial charge in [-0.15, -0.1) is 0 Å². The minimum absolute atomic E-state index is 0.0279. The van der Waals surface area contributed by atoms with Crippen molar-refractivity contribution in [3.63, 3.8) is 0 Å². The highest BCUT2D eigenvalue weighted by molar-refractivity contribution is 5.96. The maximum Gasteiger partial charge on any atom is 0.344 e. The van der Waals surface area contributed by atoms with E-state index in [1.54, 1.807) is 0 Å². The van der Waals surface area contributed by atoms with Gasteiger partial charge in [0, 0.05) is 12.1 Å². The number of esters is 1. The van der Waals surface area contributed by atoms with Gasteiger partial charge in [-0.3, -0.25) is 14.9 Å². The summed E-state index contributed by atoms with van der Waals surface area (Å²) < 4.78 is 36.5. The average Bonchev–Trinajstić information content (AvgIpc) is 2.59. The number of nitrogens with one attached hydrogen (secondary N) is 1. The van der Waals surface area contributed by atoms with E-state index in [1.165, 1.54) is 19.2 Å². The molecule has 1 amide bonds. The van der Waals surface area contributed by atoms with E-state index in [0.29, 0.717) is 0 Å². The van der Waals surface area contributed by atoms with Crippen LogP contribution in [-0.2, 0) is 9.53 Å². The van der Waals surface area contributed by atoms with E-state index in [-0.39, 0.29) is 17.1 Å². The number of ether oxygens (including phenoxy) is 2. The molecule has 0 radical (unpaired) electrons. The fourth-order valence-corrected chi connectivity index (χ4v) is 1.99. The minimum Gasteiger partial charge on any atom is -0.495 e. The second-order valence-corrected chi connectivity index (χ2v) is 4.86. The quantitative estimate of drug-likeness (QED) is 0.478. The van der Waals surface area contributed by atoms with Crippen molar-refractivity contribution in [3.8, 4) is 5.75 Å². The van der Waals surface area contributed by atoms with E-state index in [1.807, 2.05) is 0 Å². The SMILES string of the molecule is COc1ccc([N+](=O)[O-])cc1NC(=O)COC(=O)c1c(F)cccc1F. The molecule has 0 saturated carbocycles. The van der Waals surface area contributed by atoms with Gasteiger partial charge in [-0.25, -0.2) is 13.6 Å². The standard InChI is InChI=1S/C16H12F2N2O6/c1-25-13-6-5-9(20(23)24)7-12(13)19-14(21)8-26-16(22)15-10(17)3-2-4-11(15)18/h2-7H,8H2,1H3,(H,19,21). The summed E-state index contributed by atoms with van der Waals surface area (Å²) in [6, 6.07) is 6.31. The lowest BCUT2D eigenvalue weighted by molar-refractivity contribution is -0.384. The van der Waals surface area contributed by atoms with Crippen LogP contribution in [0, 0.1) is 21.7 Å². The van der Waals surface area contributed by atoms with Crippen LogP contribution in [0.2, 0.25) is 0 Å². The Hall–Kier alpha value is -3.56. The molecule has 0 bridgehead atoms. The Bertz CT molecular complexity index is 852. The smallest absolute Gasteiger partial charge is 0.344 e. The van der Waals surface area contributed by atoms with Crippen LogP contribution in [0.3, 0.4) is 0 Å². The van der Waals surface area contributed by atoms with E-state index >= 15 is 0 Å². The summed E-state index contributed by atoms with van der Waals surface area (Å²) >= 11 is 0. The van der Waals surface area contributed by atoms with E-state index in [0.717, 1.165) is 24.3 Å². The van der Waals surface area contributed by atoms with Crippen LogP contribution in [0.15, 0.2) is 36.4 Å². The van der Waals surface area contributed by atoms with Crippen LogP contribution in [0.25, 0.3) is 0 Å². The highest BCUT2D eigenvalue weighted by Crippen LogP contribution is 2.28. The molecule has 0 saturated heterocycles. The summed E-state index contributed by atoms with van der Waals surface area (Å²) in [4.78, 5) is 33.7. The lowest BCUT2D eigenvalue weighted by Crippen LogP contribution is -2.22. The van der Waals surface area contributed by atoms with Crippen LogP contribution in [0.1, 0.15) is 10.4 Å². The van der Waals surface area contributed by atoms with Crippen molar-refractivity contribution in [2.45, 2.75) is 0 Å². The number of non-ortho nitro benzene ring substituents is 1. The van der Waals surface area contributed by atoms with Crippen LogP contribution < -0.4 is 10.1 Å². The lowest BCUT2D eigenvalue weighted by Gasteiger charge is -2.10. The first kappa shape index (κ1) is 18.8. The molecule has 1 N–H and O–H groups in total. The topological polar surface area (TPSA) is 108 Å². The zero-order valence-corrected chi connectivity index (χ0v) is 13.3. The number of nitro benzene ring substituents is 1. The molecule has 8 nitrogen and oxygen atoms in total. The van der Waals surface area contributed by atoms with E-state index in [2.05, 4.69) is 10.1 Å². The minimum atomic E-state index is -1.36. The first-order valence-electron chi connectivity index (χ1n) is 7.07.